The minimum atomic E-state index is 0.147. The van der Waals surface area contributed by atoms with E-state index in [1.54, 1.807) is 0 Å². The van der Waals surface area contributed by atoms with Crippen LogP contribution in [-0.4, -0.2) is 38.4 Å². The van der Waals surface area contributed by atoms with Crippen LogP contribution in [0.5, 0.6) is 5.75 Å². The van der Waals surface area contributed by atoms with Crippen LogP contribution < -0.4 is 15.4 Å². The van der Waals surface area contributed by atoms with Gasteiger partial charge in [-0.1, -0.05) is 26.0 Å². The van der Waals surface area contributed by atoms with Gasteiger partial charge in [0.25, 0.3) is 0 Å². The fourth-order valence-corrected chi connectivity index (χ4v) is 4.28. The van der Waals surface area contributed by atoms with Gasteiger partial charge in [-0.15, -0.1) is 0 Å². The van der Waals surface area contributed by atoms with Crippen LogP contribution in [0.25, 0.3) is 0 Å². The number of aryl methyl sites for hydroxylation is 1. The maximum absolute atomic E-state index is 5.87. The number of nitrogens with zero attached hydrogens (tertiary/aromatic N) is 1. The van der Waals surface area contributed by atoms with Crippen molar-refractivity contribution >= 4 is 5.96 Å². The lowest BCUT2D eigenvalue weighted by Gasteiger charge is -2.54. The molecule has 3 unspecified atom stereocenters. The normalized spacial score (nSPS) is 27.4. The molecule has 1 aromatic rings. The van der Waals surface area contributed by atoms with E-state index in [1.165, 1.54) is 5.56 Å². The molecule has 1 aromatic carbocycles. The van der Waals surface area contributed by atoms with Crippen molar-refractivity contribution in [3.8, 4) is 5.75 Å². The summed E-state index contributed by atoms with van der Waals surface area (Å²) in [5.74, 6) is 2.41. The van der Waals surface area contributed by atoms with Crippen LogP contribution in [0, 0.1) is 18.3 Å². The van der Waals surface area contributed by atoms with Crippen molar-refractivity contribution in [2.75, 3.05) is 20.3 Å². The van der Waals surface area contributed by atoms with E-state index in [4.69, 9.17) is 9.47 Å². The highest BCUT2D eigenvalue weighted by Gasteiger charge is 2.59. The summed E-state index contributed by atoms with van der Waals surface area (Å²) in [5.41, 5.74) is 2.53. The molecule has 5 nitrogen and oxygen atoms in total. The van der Waals surface area contributed by atoms with E-state index < -0.39 is 0 Å². The fraction of sp³-hybridized carbons (Fsp3) is 0.650. The summed E-state index contributed by atoms with van der Waals surface area (Å²) >= 11 is 0. The van der Waals surface area contributed by atoms with Crippen LogP contribution >= 0.6 is 0 Å². The molecule has 1 aliphatic heterocycles. The lowest BCUT2D eigenvalue weighted by atomic mass is 9.57. The molecule has 2 fully saturated rings. The lowest BCUT2D eigenvalue weighted by molar-refractivity contribution is -0.106. The third kappa shape index (κ3) is 3.47. The molecular formula is C20H31N3O2. The topological polar surface area (TPSA) is 54.9 Å². The second-order valence-electron chi connectivity index (χ2n) is 7.65. The maximum atomic E-state index is 5.87. The van der Waals surface area contributed by atoms with Gasteiger partial charge in [0.2, 0.25) is 0 Å². The first-order valence-electron chi connectivity index (χ1n) is 9.28. The highest BCUT2D eigenvalue weighted by atomic mass is 16.5. The van der Waals surface area contributed by atoms with Gasteiger partial charge < -0.3 is 20.1 Å². The van der Waals surface area contributed by atoms with E-state index in [0.717, 1.165) is 36.8 Å². The van der Waals surface area contributed by atoms with Gasteiger partial charge in [0.15, 0.2) is 5.96 Å². The third-order valence-corrected chi connectivity index (χ3v) is 5.62. The first-order chi connectivity index (χ1) is 12.0. The van der Waals surface area contributed by atoms with Crippen molar-refractivity contribution in [2.24, 2.45) is 16.3 Å². The van der Waals surface area contributed by atoms with Gasteiger partial charge >= 0.3 is 0 Å². The average Bonchev–Trinajstić information content (AvgIpc) is 3.04. The van der Waals surface area contributed by atoms with Gasteiger partial charge in [-0.3, -0.25) is 4.99 Å². The van der Waals surface area contributed by atoms with Gasteiger partial charge in [-0.2, -0.15) is 0 Å². The maximum Gasteiger partial charge on any atom is 0.191 e. The zero-order valence-corrected chi connectivity index (χ0v) is 16.1. The second kappa shape index (κ2) is 7.24. The van der Waals surface area contributed by atoms with Crippen molar-refractivity contribution in [1.29, 1.82) is 0 Å². The van der Waals surface area contributed by atoms with Gasteiger partial charge in [-0.25, -0.2) is 0 Å². The number of hydrogen-bond acceptors (Lipinski definition) is 3. The molecule has 138 valence electrons. The van der Waals surface area contributed by atoms with Gasteiger partial charge in [0, 0.05) is 37.6 Å². The van der Waals surface area contributed by atoms with E-state index in [-0.39, 0.29) is 5.41 Å². The summed E-state index contributed by atoms with van der Waals surface area (Å²) in [6.07, 6.45) is 1.53. The molecule has 0 spiro atoms. The zero-order chi connectivity index (χ0) is 18.0. The monoisotopic (exact) mass is 345 g/mol. The summed E-state index contributed by atoms with van der Waals surface area (Å²) < 4.78 is 11.5. The van der Waals surface area contributed by atoms with Gasteiger partial charge in [0.05, 0.1) is 12.7 Å². The number of fused-ring (bicyclic) bond motifs is 1. The van der Waals surface area contributed by atoms with Crippen molar-refractivity contribution in [3.63, 3.8) is 0 Å². The largest absolute Gasteiger partial charge is 0.494 e. The Morgan fingerprint density at radius 1 is 1.40 bits per heavy atom. The first-order valence-corrected chi connectivity index (χ1v) is 9.28. The van der Waals surface area contributed by atoms with Crippen LogP contribution in [0.4, 0.5) is 0 Å². The summed E-state index contributed by atoms with van der Waals surface area (Å²) in [5, 5.41) is 7.05. The molecule has 2 N–H and O–H groups in total. The molecule has 5 heteroatoms. The third-order valence-electron chi connectivity index (χ3n) is 5.62. The number of guanidine groups is 1. The summed E-state index contributed by atoms with van der Waals surface area (Å²) in [6, 6.07) is 6.72. The Morgan fingerprint density at radius 3 is 2.88 bits per heavy atom. The zero-order valence-electron chi connectivity index (χ0n) is 16.1. The predicted molar refractivity (Wildman–Crippen MR) is 101 cm³/mol. The Hall–Kier alpha value is -1.75. The quantitative estimate of drug-likeness (QED) is 0.636. The molecule has 0 amide bonds. The molecular weight excluding hydrogens is 314 g/mol. The second-order valence-corrected chi connectivity index (χ2v) is 7.65. The van der Waals surface area contributed by atoms with Crippen LogP contribution in [0.2, 0.25) is 0 Å². The van der Waals surface area contributed by atoms with Crippen LogP contribution in [0.1, 0.15) is 38.3 Å². The molecule has 0 radical (unpaired) electrons. The van der Waals surface area contributed by atoms with Crippen LogP contribution in [0.15, 0.2) is 23.2 Å². The molecule has 2 aliphatic rings. The minimum absolute atomic E-state index is 0.147. The predicted octanol–water partition coefficient (Wildman–Crippen LogP) is 2.87. The Bertz CT molecular complexity index is 642. The minimum Gasteiger partial charge on any atom is -0.494 e. The highest BCUT2D eigenvalue weighted by Crippen LogP contribution is 2.52. The lowest BCUT2D eigenvalue weighted by Crippen LogP contribution is -2.67. The van der Waals surface area contributed by atoms with Crippen molar-refractivity contribution in [1.82, 2.24) is 10.6 Å². The highest BCUT2D eigenvalue weighted by molar-refractivity contribution is 5.80. The van der Waals surface area contributed by atoms with Gasteiger partial charge in [-0.05, 0) is 37.5 Å². The number of nitrogens with one attached hydrogen (secondary N) is 2. The molecule has 0 aromatic heterocycles. The Morgan fingerprint density at radius 2 is 2.20 bits per heavy atom. The summed E-state index contributed by atoms with van der Waals surface area (Å²) in [7, 11) is 1.83. The van der Waals surface area contributed by atoms with E-state index in [1.807, 2.05) is 20.0 Å². The van der Waals surface area contributed by atoms with Crippen LogP contribution in [-0.2, 0) is 11.3 Å². The van der Waals surface area contributed by atoms with E-state index >= 15 is 0 Å². The smallest absolute Gasteiger partial charge is 0.191 e. The number of hydrogen-bond donors (Lipinski definition) is 2. The molecule has 1 heterocycles. The molecule has 1 saturated carbocycles. The Labute approximate surface area is 151 Å². The number of benzene rings is 1. The number of rotatable bonds is 5. The van der Waals surface area contributed by atoms with Crippen molar-refractivity contribution < 1.29 is 9.47 Å². The standard InChI is InChI=1S/C20H31N3O2/c1-6-24-16-8-7-14(11-13(16)2)12-22-19(21-5)23-17-15-9-10-25-18(15)20(17,3)4/h7-8,11,15,17-18H,6,9-10,12H2,1-5H3,(H2,21,22,23). The number of ether oxygens (including phenoxy) is 2. The van der Waals surface area contributed by atoms with E-state index in [2.05, 4.69) is 48.5 Å². The molecule has 1 saturated heterocycles. The van der Waals surface area contributed by atoms with Crippen molar-refractivity contribution in [2.45, 2.75) is 52.8 Å². The summed E-state index contributed by atoms with van der Waals surface area (Å²) in [4.78, 5) is 4.40. The Balaban J connectivity index is 1.57. The average molecular weight is 345 g/mol. The van der Waals surface area contributed by atoms with E-state index in [9.17, 15) is 0 Å². The van der Waals surface area contributed by atoms with Gasteiger partial charge in [0.1, 0.15) is 5.75 Å². The molecule has 3 atom stereocenters. The molecule has 1 aliphatic carbocycles. The SMILES string of the molecule is CCOc1ccc(CNC(=NC)NC2C3CCOC3C2(C)C)cc1C. The van der Waals surface area contributed by atoms with Crippen LogP contribution in [0.3, 0.4) is 0 Å². The van der Waals surface area contributed by atoms with E-state index in [0.29, 0.717) is 24.7 Å². The molecule has 3 rings (SSSR count). The Kier molecular flexibility index (Phi) is 5.23. The first kappa shape index (κ1) is 18.1. The number of aliphatic imine (C=N–C) groups is 1. The fourth-order valence-electron chi connectivity index (χ4n) is 4.28. The summed E-state index contributed by atoms with van der Waals surface area (Å²) in [6.45, 7) is 11.0. The molecule has 25 heavy (non-hydrogen) atoms. The van der Waals surface area contributed by atoms with Crippen molar-refractivity contribution in [3.05, 3.63) is 29.3 Å². The molecule has 0 bridgehead atoms.